The van der Waals surface area contributed by atoms with E-state index in [0.29, 0.717) is 17.1 Å². The molecule has 0 saturated carbocycles. The lowest BCUT2D eigenvalue weighted by molar-refractivity contribution is -0.143. The van der Waals surface area contributed by atoms with E-state index in [1.54, 1.807) is 25.1 Å². The molecule has 136 valence electrons. The molecule has 0 aromatic heterocycles. The molecule has 0 unspecified atom stereocenters. The molecule has 2 aromatic rings. The molecule has 4 heteroatoms. The van der Waals surface area contributed by atoms with Gasteiger partial charge in [0.2, 0.25) is 0 Å². The maximum absolute atomic E-state index is 12.0. The smallest absolute Gasteiger partial charge is 0.338 e. The second kappa shape index (κ2) is 7.56. The van der Waals surface area contributed by atoms with Gasteiger partial charge in [-0.25, -0.2) is 4.79 Å². The largest absolute Gasteiger partial charge is 0.426 e. The summed E-state index contributed by atoms with van der Waals surface area (Å²) in [7, 11) is 0. The van der Waals surface area contributed by atoms with E-state index in [1.165, 1.54) is 0 Å². The zero-order valence-corrected chi connectivity index (χ0v) is 15.9. The molecule has 0 atom stereocenters. The topological polar surface area (TPSA) is 52.6 Å². The van der Waals surface area contributed by atoms with Crippen LogP contribution < -0.4 is 9.47 Å². The molecule has 0 radical (unpaired) electrons. The Balaban J connectivity index is 2.18. The second-order valence-electron chi connectivity index (χ2n) is 7.31. The average Bonchev–Trinajstić information content (AvgIpc) is 2.55. The van der Waals surface area contributed by atoms with Crippen LogP contribution in [-0.4, -0.2) is 11.9 Å². The fourth-order valence-electron chi connectivity index (χ4n) is 2.18. The number of esters is 2. The molecule has 26 heavy (non-hydrogen) atoms. The summed E-state index contributed by atoms with van der Waals surface area (Å²) in [6.07, 6.45) is 0. The van der Waals surface area contributed by atoms with Crippen LogP contribution in [0.25, 0.3) is 11.1 Å². The number of aryl methyl sites for hydroxylation is 1. The van der Waals surface area contributed by atoms with E-state index in [9.17, 15) is 9.59 Å². The highest BCUT2D eigenvalue weighted by Gasteiger charge is 2.23. The van der Waals surface area contributed by atoms with E-state index in [4.69, 9.17) is 9.47 Å². The van der Waals surface area contributed by atoms with E-state index in [1.807, 2.05) is 52.0 Å². The van der Waals surface area contributed by atoms with Gasteiger partial charge in [-0.05, 0) is 75.6 Å². The van der Waals surface area contributed by atoms with E-state index in [0.717, 1.165) is 16.7 Å². The number of carbonyl (C=O) groups is 2. The molecule has 0 fully saturated rings. The van der Waals surface area contributed by atoms with Crippen LogP contribution >= 0.6 is 0 Å². The summed E-state index contributed by atoms with van der Waals surface area (Å²) in [6.45, 7) is 12.6. The summed E-state index contributed by atoms with van der Waals surface area (Å²) < 4.78 is 10.6. The maximum Gasteiger partial charge on any atom is 0.338 e. The standard InChI is InChI=1S/C22H24O4/c1-14(2)20(23)25-17-9-7-16(8-10-17)19-12-11-18(13-15(19)3)26-21(24)22(4,5)6/h7-13H,1H2,2-6H3. The van der Waals surface area contributed by atoms with Gasteiger partial charge in [-0.3, -0.25) is 4.79 Å². The first-order chi connectivity index (χ1) is 12.1. The molecule has 0 saturated heterocycles. The maximum atomic E-state index is 12.0. The first-order valence-corrected chi connectivity index (χ1v) is 8.39. The van der Waals surface area contributed by atoms with Crippen molar-refractivity contribution >= 4 is 11.9 Å². The van der Waals surface area contributed by atoms with Crippen molar-refractivity contribution < 1.29 is 19.1 Å². The first-order valence-electron chi connectivity index (χ1n) is 8.39. The Hall–Kier alpha value is -2.88. The molecule has 2 aromatic carbocycles. The molecule has 2 rings (SSSR count). The van der Waals surface area contributed by atoms with Gasteiger partial charge < -0.3 is 9.47 Å². The summed E-state index contributed by atoms with van der Waals surface area (Å²) in [5.74, 6) is 0.278. The van der Waals surface area contributed by atoms with Gasteiger partial charge in [0.05, 0.1) is 5.41 Å². The Labute approximate surface area is 154 Å². The lowest BCUT2D eigenvalue weighted by Crippen LogP contribution is -2.25. The van der Waals surface area contributed by atoms with E-state index < -0.39 is 11.4 Å². The van der Waals surface area contributed by atoms with Crippen molar-refractivity contribution in [3.8, 4) is 22.6 Å². The fraction of sp³-hybridized carbons (Fsp3) is 0.273. The Morgan fingerprint density at radius 3 is 2.00 bits per heavy atom. The lowest BCUT2D eigenvalue weighted by atomic mass is 9.97. The Morgan fingerprint density at radius 2 is 1.50 bits per heavy atom. The Bertz CT molecular complexity index is 839. The number of carbonyl (C=O) groups excluding carboxylic acids is 2. The monoisotopic (exact) mass is 352 g/mol. The minimum atomic E-state index is -0.552. The quantitative estimate of drug-likeness (QED) is 0.437. The molecule has 0 aliphatic heterocycles. The number of hydrogen-bond acceptors (Lipinski definition) is 4. The van der Waals surface area contributed by atoms with Crippen molar-refractivity contribution in [2.75, 3.05) is 0 Å². The highest BCUT2D eigenvalue weighted by molar-refractivity contribution is 5.88. The van der Waals surface area contributed by atoms with Gasteiger partial charge in [-0.15, -0.1) is 0 Å². The minimum Gasteiger partial charge on any atom is -0.426 e. The zero-order valence-electron chi connectivity index (χ0n) is 15.9. The van der Waals surface area contributed by atoms with E-state index in [2.05, 4.69) is 6.58 Å². The van der Waals surface area contributed by atoms with Crippen molar-refractivity contribution in [3.05, 3.63) is 60.2 Å². The summed E-state index contributed by atoms with van der Waals surface area (Å²) >= 11 is 0. The van der Waals surface area contributed by atoms with Crippen LogP contribution in [-0.2, 0) is 9.59 Å². The molecule has 0 aliphatic rings. The molecule has 4 nitrogen and oxygen atoms in total. The van der Waals surface area contributed by atoms with Gasteiger partial charge >= 0.3 is 11.9 Å². The van der Waals surface area contributed by atoms with Crippen LogP contribution in [0.1, 0.15) is 33.3 Å². The summed E-state index contributed by atoms with van der Waals surface area (Å²) in [4.78, 5) is 23.6. The molecule has 0 bridgehead atoms. The SMILES string of the molecule is C=C(C)C(=O)Oc1ccc(-c2ccc(OC(=O)C(C)(C)C)cc2C)cc1. The first kappa shape index (κ1) is 19.4. The number of rotatable bonds is 4. The van der Waals surface area contributed by atoms with Gasteiger partial charge in [0.25, 0.3) is 0 Å². The third-order valence-electron chi connectivity index (χ3n) is 3.75. The number of ether oxygens (including phenoxy) is 2. The Morgan fingerprint density at radius 1 is 0.923 bits per heavy atom. The van der Waals surface area contributed by atoms with Crippen LogP contribution in [0.3, 0.4) is 0 Å². The van der Waals surface area contributed by atoms with Crippen LogP contribution in [0, 0.1) is 12.3 Å². The molecule has 0 aliphatic carbocycles. The van der Waals surface area contributed by atoms with E-state index in [-0.39, 0.29) is 5.97 Å². The third kappa shape index (κ3) is 4.82. The highest BCUT2D eigenvalue weighted by Crippen LogP contribution is 2.29. The zero-order chi connectivity index (χ0) is 19.5. The van der Waals surface area contributed by atoms with Crippen molar-refractivity contribution in [3.63, 3.8) is 0 Å². The third-order valence-corrected chi connectivity index (χ3v) is 3.75. The van der Waals surface area contributed by atoms with Crippen molar-refractivity contribution in [1.82, 2.24) is 0 Å². The summed E-state index contributed by atoms with van der Waals surface area (Å²) in [5, 5.41) is 0. The van der Waals surface area contributed by atoms with Crippen LogP contribution in [0.2, 0.25) is 0 Å². The van der Waals surface area contributed by atoms with Crippen LogP contribution in [0.5, 0.6) is 11.5 Å². The fourth-order valence-corrected chi connectivity index (χ4v) is 2.18. The molecule has 0 amide bonds. The highest BCUT2D eigenvalue weighted by atomic mass is 16.5. The molecular formula is C22H24O4. The minimum absolute atomic E-state index is 0.270. The predicted molar refractivity (Wildman–Crippen MR) is 102 cm³/mol. The Kier molecular flexibility index (Phi) is 5.66. The molecular weight excluding hydrogens is 328 g/mol. The lowest BCUT2D eigenvalue weighted by Gasteiger charge is -2.17. The van der Waals surface area contributed by atoms with Crippen molar-refractivity contribution in [1.29, 1.82) is 0 Å². The second-order valence-corrected chi connectivity index (χ2v) is 7.31. The molecule has 0 N–H and O–H groups in total. The molecule has 0 heterocycles. The van der Waals surface area contributed by atoms with Crippen molar-refractivity contribution in [2.45, 2.75) is 34.6 Å². The molecule has 0 spiro atoms. The van der Waals surface area contributed by atoms with Gasteiger partial charge in [0.1, 0.15) is 11.5 Å². The summed E-state index contributed by atoms with van der Waals surface area (Å²) in [5.41, 5.74) is 2.77. The van der Waals surface area contributed by atoms with Gasteiger partial charge in [0, 0.05) is 5.57 Å². The van der Waals surface area contributed by atoms with Crippen LogP contribution in [0.4, 0.5) is 0 Å². The average molecular weight is 352 g/mol. The van der Waals surface area contributed by atoms with Crippen LogP contribution in [0.15, 0.2) is 54.6 Å². The number of hydrogen-bond donors (Lipinski definition) is 0. The van der Waals surface area contributed by atoms with Gasteiger partial charge in [0.15, 0.2) is 0 Å². The number of benzene rings is 2. The summed E-state index contributed by atoms with van der Waals surface area (Å²) in [6, 6.07) is 12.8. The normalized spacial score (nSPS) is 11.0. The van der Waals surface area contributed by atoms with Gasteiger partial charge in [-0.2, -0.15) is 0 Å². The van der Waals surface area contributed by atoms with Gasteiger partial charge in [-0.1, -0.05) is 24.8 Å². The predicted octanol–water partition coefficient (Wildman–Crippen LogP) is 5.10. The van der Waals surface area contributed by atoms with Crippen molar-refractivity contribution in [2.24, 2.45) is 5.41 Å². The van der Waals surface area contributed by atoms with E-state index >= 15 is 0 Å².